The van der Waals surface area contributed by atoms with Crippen molar-refractivity contribution < 1.29 is 18.6 Å². The summed E-state index contributed by atoms with van der Waals surface area (Å²) in [4.78, 5) is 0. The van der Waals surface area contributed by atoms with Crippen molar-refractivity contribution in [3.8, 4) is 5.75 Å². The number of benzene rings is 1. The molecule has 1 aromatic rings. The lowest BCUT2D eigenvalue weighted by atomic mass is 10.0. The fourth-order valence-corrected chi connectivity index (χ4v) is 2.55. The molecule has 0 saturated heterocycles. The first-order chi connectivity index (χ1) is 8.99. The number of halogens is 4. The number of hydrogen-bond donors (Lipinski definition) is 2. The summed E-state index contributed by atoms with van der Waals surface area (Å²) < 4.78 is 30.0. The monoisotopic (exact) mass is 311 g/mol. The lowest BCUT2D eigenvalue weighted by Crippen LogP contribution is -2.36. The Morgan fingerprint density at radius 2 is 2.16 bits per heavy atom. The molecule has 1 aliphatic rings. The predicted octanol–water partition coefficient (Wildman–Crippen LogP) is 3.03. The molecular weight excluding hydrogens is 299 g/mol. The van der Waals surface area contributed by atoms with Gasteiger partial charge in [-0.3, -0.25) is 0 Å². The number of ether oxygens (including phenoxy) is 1. The van der Waals surface area contributed by atoms with Gasteiger partial charge in [0.2, 0.25) is 0 Å². The van der Waals surface area contributed by atoms with Crippen LogP contribution in [0.25, 0.3) is 0 Å². The molecule has 1 heterocycles. The Morgan fingerprint density at radius 3 is 2.84 bits per heavy atom. The van der Waals surface area contributed by atoms with E-state index in [1.165, 1.54) is 0 Å². The molecule has 1 aliphatic heterocycles. The van der Waals surface area contributed by atoms with Gasteiger partial charge in [-0.1, -0.05) is 23.2 Å². The van der Waals surface area contributed by atoms with Gasteiger partial charge in [-0.05, 0) is 12.1 Å². The van der Waals surface area contributed by atoms with Crippen LogP contribution < -0.4 is 10.1 Å². The van der Waals surface area contributed by atoms with Crippen molar-refractivity contribution in [1.82, 2.24) is 5.32 Å². The quantitative estimate of drug-likeness (QED) is 0.898. The van der Waals surface area contributed by atoms with Crippen LogP contribution in [0.2, 0.25) is 10.0 Å². The number of aliphatic hydroxyl groups is 1. The minimum Gasteiger partial charge on any atom is -0.492 e. The second kappa shape index (κ2) is 6.22. The molecule has 2 atom stereocenters. The van der Waals surface area contributed by atoms with Gasteiger partial charge in [0.1, 0.15) is 11.9 Å². The zero-order valence-corrected chi connectivity index (χ0v) is 11.4. The fourth-order valence-electron chi connectivity index (χ4n) is 1.99. The highest BCUT2D eigenvalue weighted by Crippen LogP contribution is 2.39. The largest absolute Gasteiger partial charge is 0.492 e. The van der Waals surface area contributed by atoms with E-state index in [-0.39, 0.29) is 12.6 Å². The van der Waals surface area contributed by atoms with Crippen LogP contribution >= 0.6 is 23.2 Å². The Bertz CT molecular complexity index is 460. The summed E-state index contributed by atoms with van der Waals surface area (Å²) >= 11 is 11.9. The number of alkyl halides is 2. The summed E-state index contributed by atoms with van der Waals surface area (Å²) in [5, 5.41) is 12.9. The molecule has 0 bridgehead atoms. The van der Waals surface area contributed by atoms with Crippen molar-refractivity contribution in [1.29, 1.82) is 0 Å². The van der Waals surface area contributed by atoms with Crippen LogP contribution in [0.5, 0.6) is 5.75 Å². The molecule has 0 aliphatic carbocycles. The van der Waals surface area contributed by atoms with Crippen LogP contribution in [0.15, 0.2) is 12.1 Å². The molecule has 0 amide bonds. The third-order valence-corrected chi connectivity index (χ3v) is 3.43. The average Bonchev–Trinajstić information content (AvgIpc) is 2.35. The van der Waals surface area contributed by atoms with Crippen LogP contribution in [0, 0.1) is 0 Å². The first-order valence-corrected chi connectivity index (χ1v) is 6.56. The Kier molecular flexibility index (Phi) is 4.84. The van der Waals surface area contributed by atoms with Gasteiger partial charge < -0.3 is 15.2 Å². The van der Waals surface area contributed by atoms with E-state index in [9.17, 15) is 8.78 Å². The van der Waals surface area contributed by atoms with Crippen LogP contribution in [0.4, 0.5) is 8.78 Å². The molecule has 106 valence electrons. The van der Waals surface area contributed by atoms with Crippen molar-refractivity contribution in [2.75, 3.05) is 13.2 Å². The fraction of sp³-hybridized carbons (Fsp3) is 0.500. The third-order valence-electron chi connectivity index (χ3n) is 2.93. The smallest absolute Gasteiger partial charge is 0.265 e. The highest BCUT2D eigenvalue weighted by molar-refractivity contribution is 6.35. The molecule has 2 rings (SSSR count). The lowest BCUT2D eigenvalue weighted by Gasteiger charge is -2.28. The molecule has 2 unspecified atom stereocenters. The predicted molar refractivity (Wildman–Crippen MR) is 69.3 cm³/mol. The van der Waals surface area contributed by atoms with Gasteiger partial charge in [0, 0.05) is 29.6 Å². The highest BCUT2D eigenvalue weighted by atomic mass is 35.5. The number of rotatable bonds is 4. The first kappa shape index (κ1) is 14.8. The maximum Gasteiger partial charge on any atom is 0.265 e. The SMILES string of the molecule is OC(CNC1CCOc2c(Cl)cc(Cl)cc21)C(F)F. The van der Waals surface area contributed by atoms with E-state index in [0.29, 0.717) is 28.8 Å². The average molecular weight is 312 g/mol. The van der Waals surface area contributed by atoms with E-state index in [0.717, 1.165) is 5.56 Å². The summed E-state index contributed by atoms with van der Waals surface area (Å²) in [6, 6.07) is 3.04. The van der Waals surface area contributed by atoms with E-state index in [1.807, 2.05) is 0 Å². The molecule has 1 aromatic carbocycles. The molecular formula is C12H13Cl2F2NO2. The summed E-state index contributed by atoms with van der Waals surface area (Å²) in [5.41, 5.74) is 0.727. The highest BCUT2D eigenvalue weighted by Gasteiger charge is 2.26. The second-order valence-electron chi connectivity index (χ2n) is 4.31. The minimum absolute atomic E-state index is 0.202. The minimum atomic E-state index is -2.77. The van der Waals surface area contributed by atoms with Crippen molar-refractivity contribution in [3.05, 3.63) is 27.7 Å². The summed E-state index contributed by atoms with van der Waals surface area (Å²) in [5.74, 6) is 0.515. The van der Waals surface area contributed by atoms with Crippen molar-refractivity contribution in [2.45, 2.75) is 25.0 Å². The van der Waals surface area contributed by atoms with Crippen molar-refractivity contribution in [2.24, 2.45) is 0 Å². The Morgan fingerprint density at radius 1 is 1.42 bits per heavy atom. The van der Waals surface area contributed by atoms with Gasteiger partial charge in [0.25, 0.3) is 6.43 Å². The second-order valence-corrected chi connectivity index (χ2v) is 5.15. The number of aliphatic hydroxyl groups excluding tert-OH is 1. The van der Waals surface area contributed by atoms with Gasteiger partial charge in [-0.15, -0.1) is 0 Å². The number of hydrogen-bond acceptors (Lipinski definition) is 3. The molecule has 7 heteroatoms. The molecule has 2 N–H and O–H groups in total. The summed E-state index contributed by atoms with van der Waals surface area (Å²) in [6.45, 7) is 0.225. The molecule has 19 heavy (non-hydrogen) atoms. The van der Waals surface area contributed by atoms with Crippen LogP contribution in [-0.2, 0) is 0 Å². The van der Waals surface area contributed by atoms with Gasteiger partial charge in [-0.2, -0.15) is 0 Å². The number of nitrogens with one attached hydrogen (secondary N) is 1. The van der Waals surface area contributed by atoms with Gasteiger partial charge in [-0.25, -0.2) is 8.78 Å². The molecule has 0 aromatic heterocycles. The normalized spacial score (nSPS) is 20.0. The molecule has 3 nitrogen and oxygen atoms in total. The van der Waals surface area contributed by atoms with Gasteiger partial charge >= 0.3 is 0 Å². The Balaban J connectivity index is 2.13. The van der Waals surface area contributed by atoms with Gasteiger partial charge in [0.05, 0.1) is 11.6 Å². The molecule has 0 saturated carbocycles. The first-order valence-electron chi connectivity index (χ1n) is 5.80. The molecule has 0 radical (unpaired) electrons. The Labute approximate surface area is 119 Å². The van der Waals surface area contributed by atoms with E-state index in [1.54, 1.807) is 12.1 Å². The maximum absolute atomic E-state index is 12.2. The van der Waals surface area contributed by atoms with E-state index in [2.05, 4.69) is 5.32 Å². The molecule has 0 spiro atoms. The van der Waals surface area contributed by atoms with Crippen LogP contribution in [0.3, 0.4) is 0 Å². The van der Waals surface area contributed by atoms with Crippen molar-refractivity contribution in [3.63, 3.8) is 0 Å². The van der Waals surface area contributed by atoms with E-state index in [4.69, 9.17) is 33.0 Å². The lowest BCUT2D eigenvalue weighted by molar-refractivity contribution is -0.00525. The van der Waals surface area contributed by atoms with E-state index < -0.39 is 12.5 Å². The zero-order valence-electron chi connectivity index (χ0n) is 9.88. The topological polar surface area (TPSA) is 41.5 Å². The van der Waals surface area contributed by atoms with Gasteiger partial charge in [0.15, 0.2) is 0 Å². The van der Waals surface area contributed by atoms with Crippen LogP contribution in [0.1, 0.15) is 18.0 Å². The summed E-state index contributed by atoms with van der Waals surface area (Å²) in [6.07, 6.45) is -3.87. The van der Waals surface area contributed by atoms with Crippen LogP contribution in [-0.4, -0.2) is 30.8 Å². The molecule has 0 fully saturated rings. The van der Waals surface area contributed by atoms with E-state index >= 15 is 0 Å². The third kappa shape index (κ3) is 3.48. The maximum atomic E-state index is 12.2. The zero-order chi connectivity index (χ0) is 14.0. The van der Waals surface area contributed by atoms with Crippen molar-refractivity contribution >= 4 is 23.2 Å². The number of fused-ring (bicyclic) bond motifs is 1. The summed E-state index contributed by atoms with van der Waals surface area (Å²) in [7, 11) is 0. The standard InChI is InChI=1S/C12H13Cl2F2NO2/c13-6-3-7-9(17-5-10(18)12(15)16)1-2-19-11(7)8(14)4-6/h3-4,9-10,12,17-18H,1-2,5H2. The Hall–Kier alpha value is -0.620.